The summed E-state index contributed by atoms with van der Waals surface area (Å²) >= 11 is 0. The molecule has 118 valence electrons. The van der Waals surface area contributed by atoms with E-state index in [1.165, 1.54) is 27.6 Å². The monoisotopic (exact) mass is 313 g/mol. The SMILES string of the molecule is Cc1cnc2c(ccc3c(C)c(C)c(-c4ccccn4)nc32)c1C. The molecule has 0 aliphatic rings. The van der Waals surface area contributed by atoms with Gasteiger partial charge in [-0.3, -0.25) is 9.97 Å². The molecule has 0 saturated heterocycles. The van der Waals surface area contributed by atoms with Crippen molar-refractivity contribution in [1.29, 1.82) is 0 Å². The van der Waals surface area contributed by atoms with Crippen molar-refractivity contribution in [2.45, 2.75) is 27.7 Å². The average Bonchev–Trinajstić information content (AvgIpc) is 2.61. The van der Waals surface area contributed by atoms with Crippen LogP contribution >= 0.6 is 0 Å². The number of hydrogen-bond donors (Lipinski definition) is 0. The summed E-state index contributed by atoms with van der Waals surface area (Å²) in [7, 11) is 0. The first-order chi connectivity index (χ1) is 11.6. The van der Waals surface area contributed by atoms with Crippen LogP contribution in [0.2, 0.25) is 0 Å². The quantitative estimate of drug-likeness (QED) is 0.460. The first kappa shape index (κ1) is 14.8. The number of benzene rings is 1. The number of pyridine rings is 3. The number of hydrogen-bond acceptors (Lipinski definition) is 3. The molecule has 0 aliphatic heterocycles. The summed E-state index contributed by atoms with van der Waals surface area (Å²) in [6.45, 7) is 8.51. The van der Waals surface area contributed by atoms with Crippen molar-refractivity contribution < 1.29 is 0 Å². The lowest BCUT2D eigenvalue weighted by Gasteiger charge is -2.14. The summed E-state index contributed by atoms with van der Waals surface area (Å²) in [5.41, 5.74) is 8.65. The minimum atomic E-state index is 0.904. The molecule has 4 rings (SSSR count). The Labute approximate surface area is 141 Å². The highest BCUT2D eigenvalue weighted by Crippen LogP contribution is 2.32. The average molecular weight is 313 g/mol. The molecule has 0 amide bonds. The summed E-state index contributed by atoms with van der Waals surface area (Å²) in [5, 5.41) is 2.33. The predicted octanol–water partition coefficient (Wildman–Crippen LogP) is 5.08. The Bertz CT molecular complexity index is 1080. The third-order valence-corrected chi connectivity index (χ3v) is 4.99. The minimum absolute atomic E-state index is 0.904. The van der Waals surface area contributed by atoms with E-state index in [1.54, 1.807) is 0 Å². The summed E-state index contributed by atoms with van der Waals surface area (Å²) in [5.74, 6) is 0. The van der Waals surface area contributed by atoms with Crippen molar-refractivity contribution >= 4 is 21.8 Å². The van der Waals surface area contributed by atoms with Crippen molar-refractivity contribution in [3.8, 4) is 11.4 Å². The summed E-state index contributed by atoms with van der Waals surface area (Å²) in [4.78, 5) is 14.2. The highest BCUT2D eigenvalue weighted by molar-refractivity contribution is 6.06. The van der Waals surface area contributed by atoms with Gasteiger partial charge in [0.25, 0.3) is 0 Å². The van der Waals surface area contributed by atoms with Gasteiger partial charge in [0.1, 0.15) is 0 Å². The molecule has 0 fully saturated rings. The number of nitrogens with zero attached hydrogens (tertiary/aromatic N) is 3. The Morgan fingerprint density at radius 1 is 0.708 bits per heavy atom. The minimum Gasteiger partial charge on any atom is -0.255 e. The van der Waals surface area contributed by atoms with E-state index in [0.717, 1.165) is 27.8 Å². The zero-order valence-electron chi connectivity index (χ0n) is 14.4. The molecule has 0 N–H and O–H groups in total. The van der Waals surface area contributed by atoms with Gasteiger partial charge >= 0.3 is 0 Å². The fourth-order valence-corrected chi connectivity index (χ4v) is 3.23. The number of fused-ring (bicyclic) bond motifs is 3. The second kappa shape index (κ2) is 5.38. The van der Waals surface area contributed by atoms with Crippen LogP contribution in [0.25, 0.3) is 33.2 Å². The second-order valence-electron chi connectivity index (χ2n) is 6.35. The molecule has 3 heteroatoms. The van der Waals surface area contributed by atoms with Crippen LogP contribution in [0.15, 0.2) is 42.7 Å². The molecule has 0 aliphatic carbocycles. The van der Waals surface area contributed by atoms with E-state index in [0.29, 0.717) is 0 Å². The third-order valence-electron chi connectivity index (χ3n) is 4.99. The van der Waals surface area contributed by atoms with Crippen molar-refractivity contribution in [1.82, 2.24) is 15.0 Å². The first-order valence-electron chi connectivity index (χ1n) is 8.15. The van der Waals surface area contributed by atoms with Crippen LogP contribution in [0.1, 0.15) is 22.3 Å². The number of aromatic nitrogens is 3. The molecule has 4 aromatic rings. The standard InChI is InChI=1S/C21H19N3/c1-12-11-23-20-16(13(12)2)8-9-17-14(3)15(4)19(24-21(17)20)18-7-5-6-10-22-18/h5-11H,1-4H3. The smallest absolute Gasteiger partial charge is 0.0975 e. The fourth-order valence-electron chi connectivity index (χ4n) is 3.23. The molecule has 0 unspecified atom stereocenters. The maximum absolute atomic E-state index is 4.98. The normalized spacial score (nSPS) is 11.3. The number of rotatable bonds is 1. The van der Waals surface area contributed by atoms with Crippen LogP contribution in [0.5, 0.6) is 0 Å². The molecule has 3 heterocycles. The molecule has 0 bridgehead atoms. The van der Waals surface area contributed by atoms with Crippen LogP contribution in [0, 0.1) is 27.7 Å². The lowest BCUT2D eigenvalue weighted by Crippen LogP contribution is -1.98. The fraction of sp³-hybridized carbons (Fsp3) is 0.190. The van der Waals surface area contributed by atoms with Crippen LogP contribution in [0.4, 0.5) is 0 Å². The highest BCUT2D eigenvalue weighted by atomic mass is 14.8. The first-order valence-corrected chi connectivity index (χ1v) is 8.15. The number of aryl methyl sites for hydroxylation is 3. The zero-order valence-corrected chi connectivity index (χ0v) is 14.4. The lowest BCUT2D eigenvalue weighted by molar-refractivity contribution is 1.22. The van der Waals surface area contributed by atoms with Gasteiger partial charge in [-0.15, -0.1) is 0 Å². The van der Waals surface area contributed by atoms with Crippen LogP contribution in [-0.4, -0.2) is 15.0 Å². The topological polar surface area (TPSA) is 38.7 Å². The van der Waals surface area contributed by atoms with Crippen molar-refractivity contribution in [2.24, 2.45) is 0 Å². The Hall–Kier alpha value is -2.81. The van der Waals surface area contributed by atoms with Crippen molar-refractivity contribution in [2.75, 3.05) is 0 Å². The van der Waals surface area contributed by atoms with Gasteiger partial charge < -0.3 is 0 Å². The van der Waals surface area contributed by atoms with E-state index < -0.39 is 0 Å². The van der Waals surface area contributed by atoms with Crippen LogP contribution in [0.3, 0.4) is 0 Å². The van der Waals surface area contributed by atoms with Gasteiger partial charge in [-0.05, 0) is 62.1 Å². The Morgan fingerprint density at radius 2 is 1.46 bits per heavy atom. The molecule has 0 radical (unpaired) electrons. The Morgan fingerprint density at radius 3 is 2.17 bits per heavy atom. The molecule has 1 aromatic carbocycles. The molecular formula is C21H19N3. The van der Waals surface area contributed by atoms with Gasteiger partial charge in [0.2, 0.25) is 0 Å². The van der Waals surface area contributed by atoms with E-state index in [2.05, 4.69) is 44.8 Å². The maximum Gasteiger partial charge on any atom is 0.0975 e. The molecule has 24 heavy (non-hydrogen) atoms. The van der Waals surface area contributed by atoms with E-state index in [1.807, 2.05) is 30.6 Å². The largest absolute Gasteiger partial charge is 0.255 e. The van der Waals surface area contributed by atoms with Crippen molar-refractivity contribution in [3.05, 3.63) is 65.0 Å². The van der Waals surface area contributed by atoms with Crippen molar-refractivity contribution in [3.63, 3.8) is 0 Å². The van der Waals surface area contributed by atoms with Gasteiger partial charge in [0.05, 0.1) is 22.4 Å². The van der Waals surface area contributed by atoms with Gasteiger partial charge in [-0.2, -0.15) is 0 Å². The Kier molecular flexibility index (Phi) is 3.31. The second-order valence-corrected chi connectivity index (χ2v) is 6.35. The predicted molar refractivity (Wildman–Crippen MR) is 99.2 cm³/mol. The zero-order chi connectivity index (χ0) is 16.8. The summed E-state index contributed by atoms with van der Waals surface area (Å²) in [6.07, 6.45) is 3.75. The van der Waals surface area contributed by atoms with Crippen LogP contribution < -0.4 is 0 Å². The van der Waals surface area contributed by atoms with E-state index in [9.17, 15) is 0 Å². The molecule has 0 saturated carbocycles. The van der Waals surface area contributed by atoms with Gasteiger partial charge in [0.15, 0.2) is 0 Å². The molecule has 0 spiro atoms. The Balaban J connectivity index is 2.16. The van der Waals surface area contributed by atoms with E-state index in [-0.39, 0.29) is 0 Å². The molecule has 0 atom stereocenters. The van der Waals surface area contributed by atoms with Gasteiger partial charge in [-0.1, -0.05) is 18.2 Å². The summed E-state index contributed by atoms with van der Waals surface area (Å²) < 4.78 is 0. The third kappa shape index (κ3) is 2.08. The van der Waals surface area contributed by atoms with E-state index >= 15 is 0 Å². The molecule has 3 nitrogen and oxygen atoms in total. The molecular weight excluding hydrogens is 294 g/mol. The summed E-state index contributed by atoms with van der Waals surface area (Å²) in [6, 6.07) is 10.3. The van der Waals surface area contributed by atoms with Gasteiger partial charge in [0, 0.05) is 23.2 Å². The van der Waals surface area contributed by atoms with Crippen LogP contribution in [-0.2, 0) is 0 Å². The lowest BCUT2D eigenvalue weighted by atomic mass is 9.97. The van der Waals surface area contributed by atoms with E-state index in [4.69, 9.17) is 9.97 Å². The van der Waals surface area contributed by atoms with Gasteiger partial charge in [-0.25, -0.2) is 4.98 Å². The highest BCUT2D eigenvalue weighted by Gasteiger charge is 2.14. The maximum atomic E-state index is 4.98. The molecule has 3 aromatic heterocycles.